The Bertz CT molecular complexity index is 767. The first kappa shape index (κ1) is 18.7. The van der Waals surface area contributed by atoms with Crippen LogP contribution in [-0.2, 0) is 15.9 Å². The van der Waals surface area contributed by atoms with Gasteiger partial charge >= 0.3 is 0 Å². The number of hydrogen-bond donors (Lipinski definition) is 1. The van der Waals surface area contributed by atoms with Crippen LogP contribution < -0.4 is 5.32 Å². The second-order valence-electron chi connectivity index (χ2n) is 7.64. The van der Waals surface area contributed by atoms with Crippen LogP contribution in [0.4, 0.5) is 5.69 Å². The molecule has 4 rings (SSSR count). The van der Waals surface area contributed by atoms with Crippen LogP contribution in [-0.4, -0.2) is 62.0 Å². The molecule has 0 bridgehead atoms. The lowest BCUT2D eigenvalue weighted by molar-refractivity contribution is 0.00462. The summed E-state index contributed by atoms with van der Waals surface area (Å²) < 4.78 is 11.3. The number of nitrogens with one attached hydrogen (secondary N) is 1. The van der Waals surface area contributed by atoms with Crippen LogP contribution in [0.3, 0.4) is 0 Å². The van der Waals surface area contributed by atoms with Crippen LogP contribution in [0.2, 0.25) is 0 Å². The maximum absolute atomic E-state index is 5.72. The minimum Gasteiger partial charge on any atom is -0.383 e. The van der Waals surface area contributed by atoms with Crippen molar-refractivity contribution < 1.29 is 9.47 Å². The number of aryl methyl sites for hydroxylation is 1. The van der Waals surface area contributed by atoms with Crippen LogP contribution in [0.15, 0.2) is 24.3 Å². The third kappa shape index (κ3) is 3.96. The first-order valence-electron chi connectivity index (χ1n) is 10.3. The monoisotopic (exact) mass is 369 g/mol. The molecule has 3 heterocycles. The van der Waals surface area contributed by atoms with Crippen molar-refractivity contribution in [3.05, 3.63) is 35.5 Å². The number of benzene rings is 1. The summed E-state index contributed by atoms with van der Waals surface area (Å²) in [5.41, 5.74) is 4.79. The molecule has 5 heteroatoms. The van der Waals surface area contributed by atoms with E-state index in [-0.39, 0.29) is 0 Å². The van der Waals surface area contributed by atoms with Gasteiger partial charge in [0.1, 0.15) is 0 Å². The van der Waals surface area contributed by atoms with Gasteiger partial charge in [-0.15, -0.1) is 0 Å². The van der Waals surface area contributed by atoms with Crippen molar-refractivity contribution in [2.24, 2.45) is 5.92 Å². The fourth-order valence-electron chi connectivity index (χ4n) is 4.57. The molecule has 5 nitrogen and oxygen atoms in total. The van der Waals surface area contributed by atoms with Gasteiger partial charge in [-0.1, -0.05) is 25.1 Å². The highest BCUT2D eigenvalue weighted by Gasteiger charge is 2.31. The molecule has 0 amide bonds. The Morgan fingerprint density at radius 2 is 2.00 bits per heavy atom. The van der Waals surface area contributed by atoms with Gasteiger partial charge in [0.15, 0.2) is 0 Å². The summed E-state index contributed by atoms with van der Waals surface area (Å²) in [6.45, 7) is 10.7. The summed E-state index contributed by atoms with van der Waals surface area (Å²) in [5.74, 6) is 0.592. The summed E-state index contributed by atoms with van der Waals surface area (Å²) in [6, 6.07) is 8.95. The SMILES string of the molecule is CCc1c(C)nc2ccccc2c1NC[C@H]([C@@H]1CCOC1)N1CCOCC1. The minimum absolute atomic E-state index is 0.480. The number of rotatable bonds is 6. The lowest BCUT2D eigenvalue weighted by Crippen LogP contribution is -2.50. The standard InChI is InChI=1S/C22H31N3O2/c1-3-18-16(2)24-20-7-5-4-6-19(20)22(18)23-14-21(17-8-11-27-15-17)25-9-12-26-13-10-25/h4-7,17,21H,3,8-15H2,1-2H3,(H,23,24)/t17-,21-/m1/s1. The van der Waals surface area contributed by atoms with Gasteiger partial charge in [-0.2, -0.15) is 0 Å². The molecule has 0 unspecified atom stereocenters. The number of hydrogen-bond acceptors (Lipinski definition) is 5. The zero-order valence-corrected chi connectivity index (χ0v) is 16.5. The molecule has 2 aliphatic rings. The fourth-order valence-corrected chi connectivity index (χ4v) is 4.57. The van der Waals surface area contributed by atoms with Crippen molar-refractivity contribution in [1.29, 1.82) is 0 Å². The van der Waals surface area contributed by atoms with Crippen LogP contribution in [0.25, 0.3) is 10.9 Å². The number of morpholine rings is 1. The van der Waals surface area contributed by atoms with Crippen molar-refractivity contribution >= 4 is 16.6 Å². The highest BCUT2D eigenvalue weighted by atomic mass is 16.5. The van der Waals surface area contributed by atoms with Gasteiger partial charge < -0.3 is 14.8 Å². The number of anilines is 1. The smallest absolute Gasteiger partial charge is 0.0726 e. The van der Waals surface area contributed by atoms with E-state index < -0.39 is 0 Å². The molecule has 27 heavy (non-hydrogen) atoms. The zero-order valence-electron chi connectivity index (χ0n) is 16.5. The van der Waals surface area contributed by atoms with Crippen molar-refractivity contribution in [2.75, 3.05) is 51.4 Å². The summed E-state index contributed by atoms with van der Waals surface area (Å²) in [6.07, 6.45) is 2.14. The molecular weight excluding hydrogens is 338 g/mol. The molecule has 0 radical (unpaired) electrons. The summed E-state index contributed by atoms with van der Waals surface area (Å²) in [4.78, 5) is 7.41. The Morgan fingerprint density at radius 1 is 1.19 bits per heavy atom. The van der Waals surface area contributed by atoms with Gasteiger partial charge in [-0.25, -0.2) is 0 Å². The lowest BCUT2D eigenvalue weighted by atomic mass is 9.96. The first-order chi connectivity index (χ1) is 13.3. The molecule has 2 aliphatic heterocycles. The van der Waals surface area contributed by atoms with E-state index in [9.17, 15) is 0 Å². The van der Waals surface area contributed by atoms with E-state index in [1.807, 2.05) is 0 Å². The van der Waals surface area contributed by atoms with Crippen LogP contribution in [0.1, 0.15) is 24.6 Å². The second kappa shape index (κ2) is 8.55. The van der Waals surface area contributed by atoms with E-state index >= 15 is 0 Å². The maximum Gasteiger partial charge on any atom is 0.0726 e. The predicted molar refractivity (Wildman–Crippen MR) is 109 cm³/mol. The Labute approximate surface area is 162 Å². The average Bonchev–Trinajstić information content (AvgIpc) is 3.23. The van der Waals surface area contributed by atoms with Crippen molar-refractivity contribution in [2.45, 2.75) is 32.7 Å². The number of pyridine rings is 1. The van der Waals surface area contributed by atoms with Crippen LogP contribution >= 0.6 is 0 Å². The maximum atomic E-state index is 5.72. The normalized spacial score (nSPS) is 22.2. The summed E-state index contributed by atoms with van der Waals surface area (Å²) >= 11 is 0. The molecule has 2 saturated heterocycles. The van der Waals surface area contributed by atoms with E-state index in [2.05, 4.69) is 48.3 Å². The Balaban J connectivity index is 1.61. The molecule has 2 atom stereocenters. The molecular formula is C22H31N3O2. The minimum atomic E-state index is 0.480. The average molecular weight is 370 g/mol. The number of ether oxygens (including phenoxy) is 2. The highest BCUT2D eigenvalue weighted by Crippen LogP contribution is 2.30. The largest absolute Gasteiger partial charge is 0.383 e. The molecule has 1 aromatic carbocycles. The summed E-state index contributed by atoms with van der Waals surface area (Å²) in [5, 5.41) is 5.07. The Hall–Kier alpha value is -1.69. The molecule has 146 valence electrons. The van der Waals surface area contributed by atoms with Gasteiger partial charge in [0.2, 0.25) is 0 Å². The molecule has 0 saturated carbocycles. The third-order valence-electron chi connectivity index (χ3n) is 6.07. The number of aromatic nitrogens is 1. The molecule has 2 aromatic rings. The van der Waals surface area contributed by atoms with Crippen molar-refractivity contribution in [1.82, 2.24) is 9.88 Å². The zero-order chi connectivity index (χ0) is 18.6. The third-order valence-corrected chi connectivity index (χ3v) is 6.07. The highest BCUT2D eigenvalue weighted by molar-refractivity contribution is 5.93. The van der Waals surface area contributed by atoms with Crippen molar-refractivity contribution in [3.63, 3.8) is 0 Å². The van der Waals surface area contributed by atoms with Crippen LogP contribution in [0.5, 0.6) is 0 Å². The van der Waals surface area contributed by atoms with E-state index in [0.717, 1.165) is 70.1 Å². The Morgan fingerprint density at radius 3 is 2.74 bits per heavy atom. The first-order valence-corrected chi connectivity index (χ1v) is 10.3. The van der Waals surface area contributed by atoms with E-state index in [1.54, 1.807) is 0 Å². The lowest BCUT2D eigenvalue weighted by Gasteiger charge is -2.38. The Kier molecular flexibility index (Phi) is 5.91. The molecule has 1 aromatic heterocycles. The van der Waals surface area contributed by atoms with E-state index in [4.69, 9.17) is 14.5 Å². The molecule has 1 N–H and O–H groups in total. The predicted octanol–water partition coefficient (Wildman–Crippen LogP) is 3.25. The van der Waals surface area contributed by atoms with Gasteiger partial charge in [0, 0.05) is 55.0 Å². The topological polar surface area (TPSA) is 46.6 Å². The number of nitrogens with zero attached hydrogens (tertiary/aromatic N) is 2. The number of fused-ring (bicyclic) bond motifs is 1. The second-order valence-corrected chi connectivity index (χ2v) is 7.64. The van der Waals surface area contributed by atoms with Crippen LogP contribution in [0, 0.1) is 12.8 Å². The van der Waals surface area contributed by atoms with E-state index in [0.29, 0.717) is 12.0 Å². The fraction of sp³-hybridized carbons (Fsp3) is 0.591. The van der Waals surface area contributed by atoms with Crippen molar-refractivity contribution in [3.8, 4) is 0 Å². The molecule has 2 fully saturated rings. The van der Waals surface area contributed by atoms with Gasteiger partial charge in [-0.3, -0.25) is 9.88 Å². The number of para-hydroxylation sites is 1. The van der Waals surface area contributed by atoms with E-state index in [1.165, 1.54) is 16.6 Å². The summed E-state index contributed by atoms with van der Waals surface area (Å²) in [7, 11) is 0. The molecule has 0 aliphatic carbocycles. The van der Waals surface area contributed by atoms with Gasteiger partial charge in [-0.05, 0) is 31.4 Å². The van der Waals surface area contributed by atoms with Gasteiger partial charge in [0.05, 0.1) is 25.3 Å². The molecule has 0 spiro atoms. The quantitative estimate of drug-likeness (QED) is 0.847. The van der Waals surface area contributed by atoms with Gasteiger partial charge in [0.25, 0.3) is 0 Å².